The molecule has 1 aliphatic heterocycles. The predicted molar refractivity (Wildman–Crippen MR) is 70.0 cm³/mol. The van der Waals surface area contributed by atoms with Crippen molar-refractivity contribution in [2.45, 2.75) is 18.9 Å². The van der Waals surface area contributed by atoms with Gasteiger partial charge in [-0.2, -0.15) is 5.10 Å². The van der Waals surface area contributed by atoms with Crippen molar-refractivity contribution in [2.24, 2.45) is 0 Å². The van der Waals surface area contributed by atoms with Crippen LogP contribution >= 0.6 is 0 Å². The predicted octanol–water partition coefficient (Wildman–Crippen LogP) is 0.960. The molecule has 2 aromatic rings. The van der Waals surface area contributed by atoms with Gasteiger partial charge in [-0.05, 0) is 12.8 Å². The van der Waals surface area contributed by atoms with E-state index in [0.717, 1.165) is 56.1 Å². The molecule has 0 bridgehead atoms. The van der Waals surface area contributed by atoms with Crippen LogP contribution in [-0.4, -0.2) is 52.6 Å². The number of nitrogens with zero attached hydrogens (tertiary/aromatic N) is 3. The summed E-state index contributed by atoms with van der Waals surface area (Å²) >= 11 is 0. The number of fused-ring (bicyclic) bond motifs is 1. The second-order valence-corrected chi connectivity index (χ2v) is 4.49. The Bertz CT molecular complexity index is 524. The van der Waals surface area contributed by atoms with Gasteiger partial charge in [0.15, 0.2) is 5.65 Å². The highest BCUT2D eigenvalue weighted by Gasteiger charge is 2.15. The van der Waals surface area contributed by atoms with Gasteiger partial charge in [0.2, 0.25) is 0 Å². The van der Waals surface area contributed by atoms with Crippen molar-refractivity contribution in [3.8, 4) is 0 Å². The molecule has 7 heteroatoms. The summed E-state index contributed by atoms with van der Waals surface area (Å²) in [5.74, 6) is 0.808. The zero-order valence-electron chi connectivity index (χ0n) is 10.6. The molecular weight excluding hydrogens is 246 g/mol. The maximum Gasteiger partial charge on any atom is 0.160 e. The molecular formula is C12H17N5O2. The Kier molecular flexibility index (Phi) is 3.85. The normalized spacial score (nSPS) is 19.1. The summed E-state index contributed by atoms with van der Waals surface area (Å²) < 4.78 is 11.0. The molecule has 19 heavy (non-hydrogen) atoms. The molecule has 0 radical (unpaired) electrons. The third-order valence-electron chi connectivity index (χ3n) is 3.10. The molecule has 3 rings (SSSR count). The van der Waals surface area contributed by atoms with E-state index in [1.165, 1.54) is 6.33 Å². The monoisotopic (exact) mass is 263 g/mol. The van der Waals surface area contributed by atoms with E-state index in [1.54, 1.807) is 6.20 Å². The van der Waals surface area contributed by atoms with Crippen LogP contribution in [0.3, 0.4) is 0 Å². The van der Waals surface area contributed by atoms with E-state index >= 15 is 0 Å². The van der Waals surface area contributed by atoms with E-state index in [0.29, 0.717) is 0 Å². The second kappa shape index (κ2) is 5.94. The van der Waals surface area contributed by atoms with Gasteiger partial charge in [0.25, 0.3) is 0 Å². The lowest BCUT2D eigenvalue weighted by Crippen LogP contribution is -2.15. The summed E-state index contributed by atoms with van der Waals surface area (Å²) in [4.78, 5) is 8.30. The van der Waals surface area contributed by atoms with Gasteiger partial charge >= 0.3 is 0 Å². The number of anilines is 1. The van der Waals surface area contributed by atoms with Crippen LogP contribution in [-0.2, 0) is 9.47 Å². The average molecular weight is 263 g/mol. The standard InChI is InChI=1S/C12H17N5O2/c1(4-19-9-2-5-18-7-9)3-13-11-10-6-16-17-12(10)15-8-14-11/h6,8-9H,1-5,7H2,(H2,13,14,15,16,17). The molecule has 3 heterocycles. The third-order valence-corrected chi connectivity index (χ3v) is 3.10. The fourth-order valence-corrected chi connectivity index (χ4v) is 2.08. The van der Waals surface area contributed by atoms with Gasteiger partial charge in [-0.3, -0.25) is 5.10 Å². The summed E-state index contributed by atoms with van der Waals surface area (Å²) in [7, 11) is 0. The van der Waals surface area contributed by atoms with Gasteiger partial charge in [-0.15, -0.1) is 0 Å². The highest BCUT2D eigenvalue weighted by molar-refractivity contribution is 5.85. The first-order chi connectivity index (χ1) is 9.43. The lowest BCUT2D eigenvalue weighted by atomic mass is 10.3. The summed E-state index contributed by atoms with van der Waals surface area (Å²) in [6, 6.07) is 0. The Morgan fingerprint density at radius 2 is 2.47 bits per heavy atom. The smallest absolute Gasteiger partial charge is 0.160 e. The van der Waals surface area contributed by atoms with E-state index < -0.39 is 0 Å². The van der Waals surface area contributed by atoms with Gasteiger partial charge in [0, 0.05) is 19.8 Å². The van der Waals surface area contributed by atoms with E-state index in [1.807, 2.05) is 0 Å². The zero-order chi connectivity index (χ0) is 12.9. The fraction of sp³-hybridized carbons (Fsp3) is 0.583. The Labute approximate surface area is 110 Å². The van der Waals surface area contributed by atoms with Crippen molar-refractivity contribution in [1.82, 2.24) is 20.2 Å². The molecule has 7 nitrogen and oxygen atoms in total. The molecule has 0 amide bonds. The number of H-pyrrole nitrogens is 1. The second-order valence-electron chi connectivity index (χ2n) is 4.49. The van der Waals surface area contributed by atoms with E-state index in [-0.39, 0.29) is 6.10 Å². The highest BCUT2D eigenvalue weighted by Crippen LogP contribution is 2.15. The number of ether oxygens (including phenoxy) is 2. The minimum atomic E-state index is 0.277. The fourth-order valence-electron chi connectivity index (χ4n) is 2.08. The number of hydrogen-bond acceptors (Lipinski definition) is 6. The average Bonchev–Trinajstić information content (AvgIpc) is 3.09. The maximum absolute atomic E-state index is 5.70. The van der Waals surface area contributed by atoms with Gasteiger partial charge in [0.05, 0.1) is 24.3 Å². The quantitative estimate of drug-likeness (QED) is 0.755. The molecule has 0 saturated carbocycles. The van der Waals surface area contributed by atoms with Crippen molar-refractivity contribution >= 4 is 16.9 Å². The molecule has 1 unspecified atom stereocenters. The number of aromatic nitrogens is 4. The molecule has 1 atom stereocenters. The molecule has 1 fully saturated rings. The van der Waals surface area contributed by atoms with E-state index in [4.69, 9.17) is 9.47 Å². The largest absolute Gasteiger partial charge is 0.379 e. The topological polar surface area (TPSA) is 85.0 Å². The summed E-state index contributed by atoms with van der Waals surface area (Å²) in [6.45, 7) is 3.10. The molecule has 0 spiro atoms. The molecule has 0 aliphatic carbocycles. The molecule has 1 saturated heterocycles. The van der Waals surface area contributed by atoms with Crippen molar-refractivity contribution in [2.75, 3.05) is 31.7 Å². The van der Waals surface area contributed by atoms with Gasteiger partial charge in [-0.25, -0.2) is 9.97 Å². The highest BCUT2D eigenvalue weighted by atomic mass is 16.5. The molecule has 102 valence electrons. The van der Waals surface area contributed by atoms with Crippen LogP contribution in [0.4, 0.5) is 5.82 Å². The minimum absolute atomic E-state index is 0.277. The van der Waals surface area contributed by atoms with E-state index in [9.17, 15) is 0 Å². The molecule has 2 N–H and O–H groups in total. The number of rotatable bonds is 6. The van der Waals surface area contributed by atoms with Crippen LogP contribution in [0, 0.1) is 0 Å². The maximum atomic E-state index is 5.70. The summed E-state index contributed by atoms with van der Waals surface area (Å²) in [5, 5.41) is 11.0. The Morgan fingerprint density at radius 3 is 3.37 bits per heavy atom. The van der Waals surface area contributed by atoms with Crippen LogP contribution < -0.4 is 5.32 Å². The van der Waals surface area contributed by atoms with Crippen LogP contribution in [0.15, 0.2) is 12.5 Å². The first kappa shape index (κ1) is 12.3. The number of aromatic amines is 1. The number of nitrogens with one attached hydrogen (secondary N) is 2. The molecule has 2 aromatic heterocycles. The SMILES string of the molecule is c1nc(NCCCOC2CCOC2)c2cn[nH]c2n1. The number of hydrogen-bond donors (Lipinski definition) is 2. The Balaban J connectivity index is 1.43. The Hall–Kier alpha value is -1.73. The van der Waals surface area contributed by atoms with E-state index in [2.05, 4.69) is 25.5 Å². The summed E-state index contributed by atoms with van der Waals surface area (Å²) in [5.41, 5.74) is 0.747. The lowest BCUT2D eigenvalue weighted by molar-refractivity contribution is 0.0427. The first-order valence-electron chi connectivity index (χ1n) is 6.51. The van der Waals surface area contributed by atoms with Crippen LogP contribution in [0.25, 0.3) is 11.0 Å². The lowest BCUT2D eigenvalue weighted by Gasteiger charge is -2.10. The van der Waals surface area contributed by atoms with Gasteiger partial charge in [0.1, 0.15) is 12.1 Å². The van der Waals surface area contributed by atoms with Gasteiger partial charge in [-0.1, -0.05) is 0 Å². The third kappa shape index (κ3) is 2.99. The van der Waals surface area contributed by atoms with Crippen molar-refractivity contribution in [3.05, 3.63) is 12.5 Å². The zero-order valence-corrected chi connectivity index (χ0v) is 10.6. The van der Waals surface area contributed by atoms with Crippen LogP contribution in [0.1, 0.15) is 12.8 Å². The first-order valence-corrected chi connectivity index (χ1v) is 6.51. The van der Waals surface area contributed by atoms with Crippen molar-refractivity contribution in [3.63, 3.8) is 0 Å². The van der Waals surface area contributed by atoms with Gasteiger partial charge < -0.3 is 14.8 Å². The summed E-state index contributed by atoms with van der Waals surface area (Å²) in [6.07, 6.45) is 5.47. The van der Waals surface area contributed by atoms with Crippen molar-refractivity contribution < 1.29 is 9.47 Å². The molecule has 1 aliphatic rings. The van der Waals surface area contributed by atoms with Crippen LogP contribution in [0.2, 0.25) is 0 Å². The molecule has 0 aromatic carbocycles. The Morgan fingerprint density at radius 1 is 1.47 bits per heavy atom. The van der Waals surface area contributed by atoms with Crippen molar-refractivity contribution in [1.29, 1.82) is 0 Å². The minimum Gasteiger partial charge on any atom is -0.379 e. The van der Waals surface area contributed by atoms with Crippen LogP contribution in [0.5, 0.6) is 0 Å².